The number of rotatable bonds is 4. The van der Waals surface area contributed by atoms with Crippen LogP contribution in [0.4, 0.5) is 10.5 Å². The molecule has 1 saturated heterocycles. The Morgan fingerprint density at radius 3 is 2.71 bits per heavy atom. The summed E-state index contributed by atoms with van der Waals surface area (Å²) < 4.78 is 11.9. The van der Waals surface area contributed by atoms with Crippen molar-refractivity contribution in [1.29, 1.82) is 0 Å². The molecule has 9 nitrogen and oxygen atoms in total. The van der Waals surface area contributed by atoms with E-state index in [1.165, 1.54) is 24.1 Å². The van der Waals surface area contributed by atoms with Gasteiger partial charge < -0.3 is 14.4 Å². The van der Waals surface area contributed by atoms with Crippen LogP contribution in [0, 0.1) is 17.0 Å². The largest absolute Gasteiger partial charge is 0.486 e. The molecule has 126 valence electrons. The predicted octanol–water partition coefficient (Wildman–Crippen LogP) is 1.92. The molecule has 24 heavy (non-hydrogen) atoms. The van der Waals surface area contributed by atoms with Crippen molar-refractivity contribution in [2.75, 3.05) is 20.2 Å². The van der Waals surface area contributed by atoms with Crippen molar-refractivity contribution in [3.63, 3.8) is 0 Å². The fourth-order valence-corrected chi connectivity index (χ4v) is 2.42. The van der Waals surface area contributed by atoms with Crippen LogP contribution in [0.25, 0.3) is 5.69 Å². The van der Waals surface area contributed by atoms with Crippen molar-refractivity contribution in [3.05, 3.63) is 46.3 Å². The van der Waals surface area contributed by atoms with Crippen molar-refractivity contribution in [2.45, 2.75) is 13.0 Å². The van der Waals surface area contributed by atoms with Gasteiger partial charge in [-0.3, -0.25) is 10.1 Å². The molecule has 0 radical (unpaired) electrons. The molecule has 9 heteroatoms. The van der Waals surface area contributed by atoms with Gasteiger partial charge in [0.25, 0.3) is 5.69 Å². The van der Waals surface area contributed by atoms with E-state index in [1.54, 1.807) is 23.0 Å². The third-order valence-electron chi connectivity index (χ3n) is 3.66. The van der Waals surface area contributed by atoms with E-state index in [0.717, 1.165) is 5.69 Å². The Morgan fingerprint density at radius 2 is 2.12 bits per heavy atom. The van der Waals surface area contributed by atoms with Crippen LogP contribution in [0.2, 0.25) is 0 Å². The predicted molar refractivity (Wildman–Crippen MR) is 83.3 cm³/mol. The number of ether oxygens (including phenoxy) is 2. The third kappa shape index (κ3) is 3.14. The lowest BCUT2D eigenvalue weighted by Gasteiger charge is -2.37. The highest BCUT2D eigenvalue weighted by Crippen LogP contribution is 2.27. The van der Waals surface area contributed by atoms with Gasteiger partial charge in [-0.05, 0) is 13.0 Å². The van der Waals surface area contributed by atoms with E-state index in [4.69, 9.17) is 4.74 Å². The van der Waals surface area contributed by atoms with Crippen LogP contribution >= 0.6 is 0 Å². The lowest BCUT2D eigenvalue weighted by Crippen LogP contribution is -2.56. The normalized spacial score (nSPS) is 14.2. The van der Waals surface area contributed by atoms with E-state index in [9.17, 15) is 14.9 Å². The SMILES string of the molecule is COC(=O)N1CC(Oc2cc(-n3ccc(C)n3)cc([N+](=O)[O-])c2)C1. The number of carbonyl (C=O) groups excluding carboxylic acids is 1. The standard InChI is InChI=1S/C15H16N4O5/c1-10-3-4-18(16-10)11-5-12(19(21)22)7-13(6-11)24-14-8-17(9-14)15(20)23-2/h3-7,14H,8-9H2,1-2H3. The minimum Gasteiger partial charge on any atom is -0.486 e. The monoisotopic (exact) mass is 332 g/mol. The molecule has 0 aliphatic carbocycles. The van der Waals surface area contributed by atoms with E-state index in [2.05, 4.69) is 9.84 Å². The zero-order valence-electron chi connectivity index (χ0n) is 13.2. The second kappa shape index (κ2) is 6.19. The van der Waals surface area contributed by atoms with Gasteiger partial charge in [0.2, 0.25) is 0 Å². The van der Waals surface area contributed by atoms with Gasteiger partial charge in [-0.2, -0.15) is 5.10 Å². The summed E-state index contributed by atoms with van der Waals surface area (Å²) in [6, 6.07) is 6.28. The lowest BCUT2D eigenvalue weighted by molar-refractivity contribution is -0.384. The molecule has 0 atom stereocenters. The maximum absolute atomic E-state index is 11.3. The number of benzene rings is 1. The summed E-state index contributed by atoms with van der Waals surface area (Å²) in [5, 5.41) is 15.4. The number of carbonyl (C=O) groups is 1. The first kappa shape index (κ1) is 15.8. The maximum Gasteiger partial charge on any atom is 0.409 e. The summed E-state index contributed by atoms with van der Waals surface area (Å²) in [6.07, 6.45) is 1.08. The molecule has 2 aromatic rings. The number of aryl methyl sites for hydroxylation is 1. The molecule has 0 N–H and O–H groups in total. The van der Waals surface area contributed by atoms with E-state index in [-0.39, 0.29) is 11.8 Å². The Kier molecular flexibility index (Phi) is 4.07. The summed E-state index contributed by atoms with van der Waals surface area (Å²) in [6.45, 7) is 2.60. The van der Waals surface area contributed by atoms with E-state index < -0.39 is 11.0 Å². The van der Waals surface area contributed by atoms with Crippen LogP contribution in [0.15, 0.2) is 30.5 Å². The highest BCUT2D eigenvalue weighted by molar-refractivity contribution is 5.68. The molecule has 0 spiro atoms. The van der Waals surface area contributed by atoms with Gasteiger partial charge in [0.15, 0.2) is 0 Å². The zero-order chi connectivity index (χ0) is 17.3. The number of non-ortho nitro benzene ring substituents is 1. The third-order valence-corrected chi connectivity index (χ3v) is 3.66. The van der Waals surface area contributed by atoms with Crippen molar-refractivity contribution >= 4 is 11.8 Å². The Morgan fingerprint density at radius 1 is 1.38 bits per heavy atom. The molecule has 1 aromatic carbocycles. The number of hydrogen-bond acceptors (Lipinski definition) is 6. The lowest BCUT2D eigenvalue weighted by atomic mass is 10.2. The number of nitro benzene ring substituents is 1. The molecule has 1 fully saturated rings. The van der Waals surface area contributed by atoms with Gasteiger partial charge >= 0.3 is 6.09 Å². The van der Waals surface area contributed by atoms with Gasteiger partial charge in [-0.15, -0.1) is 0 Å². The van der Waals surface area contributed by atoms with Gasteiger partial charge in [0.1, 0.15) is 11.9 Å². The van der Waals surface area contributed by atoms with Crippen molar-refractivity contribution in [2.24, 2.45) is 0 Å². The smallest absolute Gasteiger partial charge is 0.409 e. The van der Waals surface area contributed by atoms with E-state index in [0.29, 0.717) is 24.5 Å². The summed E-state index contributed by atoms with van der Waals surface area (Å²) in [7, 11) is 1.31. The number of aromatic nitrogens is 2. The van der Waals surface area contributed by atoms with Gasteiger partial charge in [-0.25, -0.2) is 9.48 Å². The Bertz CT molecular complexity index is 782. The first-order valence-electron chi connectivity index (χ1n) is 7.28. The summed E-state index contributed by atoms with van der Waals surface area (Å²) in [5.41, 5.74) is 1.26. The molecular weight excluding hydrogens is 316 g/mol. The topological polar surface area (TPSA) is 99.7 Å². The number of hydrogen-bond donors (Lipinski definition) is 0. The second-order valence-electron chi connectivity index (χ2n) is 5.46. The second-order valence-corrected chi connectivity index (χ2v) is 5.46. The summed E-state index contributed by atoms with van der Waals surface area (Å²) in [5.74, 6) is 0.363. The Hall–Kier alpha value is -3.10. The molecule has 1 amide bonds. The van der Waals surface area contributed by atoms with Crippen LogP contribution in [-0.2, 0) is 4.74 Å². The average molecular weight is 332 g/mol. The highest BCUT2D eigenvalue weighted by atomic mass is 16.6. The van der Waals surface area contributed by atoms with Crippen LogP contribution in [0.5, 0.6) is 5.75 Å². The molecule has 0 bridgehead atoms. The summed E-state index contributed by atoms with van der Waals surface area (Å²) >= 11 is 0. The summed E-state index contributed by atoms with van der Waals surface area (Å²) in [4.78, 5) is 23.5. The Balaban J connectivity index is 1.79. The molecule has 1 aliphatic heterocycles. The number of nitrogens with zero attached hydrogens (tertiary/aromatic N) is 4. The minimum atomic E-state index is -0.478. The molecule has 1 aromatic heterocycles. The fraction of sp³-hybridized carbons (Fsp3) is 0.333. The zero-order valence-corrected chi connectivity index (χ0v) is 13.2. The fourth-order valence-electron chi connectivity index (χ4n) is 2.42. The number of amides is 1. The molecule has 2 heterocycles. The van der Waals surface area contributed by atoms with Gasteiger partial charge in [0, 0.05) is 18.3 Å². The quantitative estimate of drug-likeness (QED) is 0.626. The Labute approximate surface area is 137 Å². The van der Waals surface area contributed by atoms with E-state index >= 15 is 0 Å². The molecule has 0 unspecified atom stereocenters. The number of methoxy groups -OCH3 is 1. The van der Waals surface area contributed by atoms with Gasteiger partial charge in [-0.1, -0.05) is 0 Å². The van der Waals surface area contributed by atoms with Crippen LogP contribution < -0.4 is 4.74 Å². The van der Waals surface area contributed by atoms with E-state index in [1.807, 2.05) is 6.92 Å². The van der Waals surface area contributed by atoms with Crippen molar-refractivity contribution in [1.82, 2.24) is 14.7 Å². The molecule has 3 rings (SSSR count). The number of likely N-dealkylation sites (tertiary alicyclic amines) is 1. The highest BCUT2D eigenvalue weighted by Gasteiger charge is 2.33. The maximum atomic E-state index is 11.3. The average Bonchev–Trinajstić information content (AvgIpc) is 2.96. The first-order valence-corrected chi connectivity index (χ1v) is 7.28. The molecule has 0 saturated carbocycles. The molecule has 1 aliphatic rings. The first-order chi connectivity index (χ1) is 11.5. The van der Waals surface area contributed by atoms with Crippen LogP contribution in [-0.4, -0.2) is 52.0 Å². The minimum absolute atomic E-state index is 0.0835. The molecular formula is C15H16N4O5. The van der Waals surface area contributed by atoms with Crippen molar-refractivity contribution in [3.8, 4) is 11.4 Å². The van der Waals surface area contributed by atoms with Gasteiger partial charge in [0.05, 0.1) is 42.6 Å². The van der Waals surface area contributed by atoms with Crippen LogP contribution in [0.3, 0.4) is 0 Å². The van der Waals surface area contributed by atoms with Crippen molar-refractivity contribution < 1.29 is 19.2 Å². The van der Waals surface area contributed by atoms with Crippen LogP contribution in [0.1, 0.15) is 5.69 Å². The number of nitro groups is 1.